The first-order valence-electron chi connectivity index (χ1n) is 10.9. The monoisotopic (exact) mass is 515 g/mol. The summed E-state index contributed by atoms with van der Waals surface area (Å²) in [6.45, 7) is 0.449. The van der Waals surface area contributed by atoms with Crippen LogP contribution in [0.2, 0.25) is 5.02 Å². The van der Waals surface area contributed by atoms with Gasteiger partial charge in [0, 0.05) is 12.1 Å². The number of amidine groups is 1. The molecule has 1 heterocycles. The minimum atomic E-state index is -0.532. The van der Waals surface area contributed by atoms with Crippen LogP contribution in [0, 0.1) is 10.1 Å². The van der Waals surface area contributed by atoms with Gasteiger partial charge in [-0.25, -0.2) is 4.99 Å². The van der Waals surface area contributed by atoms with Gasteiger partial charge in [0.2, 0.25) is 0 Å². The molecule has 0 bridgehead atoms. The number of hydrogen-bond donors (Lipinski definition) is 1. The second-order valence-corrected chi connectivity index (χ2v) is 9.31. The van der Waals surface area contributed by atoms with Crippen molar-refractivity contribution in [1.29, 1.82) is 0 Å². The van der Waals surface area contributed by atoms with E-state index in [2.05, 4.69) is 34.6 Å². The Balaban J connectivity index is 1.26. The van der Waals surface area contributed by atoms with Crippen LogP contribution in [0.4, 0.5) is 11.4 Å². The molecule has 1 aliphatic rings. The molecule has 0 saturated carbocycles. The second-order valence-electron chi connectivity index (χ2n) is 7.87. The molecule has 178 valence electrons. The Bertz CT molecular complexity index is 1550. The van der Waals surface area contributed by atoms with Gasteiger partial charge in [-0.05, 0) is 57.9 Å². The van der Waals surface area contributed by atoms with E-state index in [9.17, 15) is 14.9 Å². The van der Waals surface area contributed by atoms with Crippen molar-refractivity contribution in [2.24, 2.45) is 4.99 Å². The summed E-state index contributed by atoms with van der Waals surface area (Å²) in [5, 5.41) is 16.4. The maximum absolute atomic E-state index is 12.4. The summed E-state index contributed by atoms with van der Waals surface area (Å²) in [4.78, 5) is 27.5. The highest BCUT2D eigenvalue weighted by Crippen LogP contribution is 2.33. The highest BCUT2D eigenvalue weighted by Gasteiger charge is 2.24. The summed E-state index contributed by atoms with van der Waals surface area (Å²) in [6, 6.07) is 25.8. The van der Waals surface area contributed by atoms with E-state index in [0.717, 1.165) is 22.3 Å². The van der Waals surface area contributed by atoms with Crippen molar-refractivity contribution < 1.29 is 14.5 Å². The number of hydrogen-bond acceptors (Lipinski definition) is 6. The number of thioether (sulfide) groups is 1. The Hall–Kier alpha value is -4.14. The highest BCUT2D eigenvalue weighted by molar-refractivity contribution is 8.18. The third-order valence-corrected chi connectivity index (χ3v) is 6.68. The summed E-state index contributed by atoms with van der Waals surface area (Å²) in [5.74, 6) is 0.441. The molecule has 1 amide bonds. The lowest BCUT2D eigenvalue weighted by Crippen LogP contribution is -2.19. The molecule has 1 N–H and O–H groups in total. The van der Waals surface area contributed by atoms with E-state index < -0.39 is 4.92 Å². The van der Waals surface area contributed by atoms with Crippen LogP contribution in [-0.2, 0) is 11.4 Å². The molecule has 9 heteroatoms. The maximum Gasteiger partial charge on any atom is 0.271 e. The third kappa shape index (κ3) is 5.25. The van der Waals surface area contributed by atoms with Gasteiger partial charge in [-0.1, -0.05) is 66.2 Å². The number of benzene rings is 4. The Kier molecular flexibility index (Phi) is 6.71. The normalized spacial score (nSPS) is 15.4. The molecule has 4 aromatic rings. The maximum atomic E-state index is 12.4. The van der Waals surface area contributed by atoms with Gasteiger partial charge in [-0.2, -0.15) is 0 Å². The molecule has 4 aromatic carbocycles. The summed E-state index contributed by atoms with van der Waals surface area (Å²) in [6.07, 6.45) is 1.76. The number of fused-ring (bicyclic) bond motifs is 1. The quantitative estimate of drug-likeness (QED) is 0.172. The molecule has 36 heavy (non-hydrogen) atoms. The van der Waals surface area contributed by atoms with Gasteiger partial charge in [0.05, 0.1) is 20.5 Å². The Morgan fingerprint density at radius 2 is 1.81 bits per heavy atom. The highest BCUT2D eigenvalue weighted by atomic mass is 35.5. The van der Waals surface area contributed by atoms with Crippen molar-refractivity contribution in [2.45, 2.75) is 6.61 Å². The van der Waals surface area contributed by atoms with Gasteiger partial charge in [0.1, 0.15) is 12.4 Å². The van der Waals surface area contributed by atoms with Crippen LogP contribution < -0.4 is 10.1 Å². The average Bonchev–Trinajstić information content (AvgIpc) is 3.23. The zero-order valence-corrected chi connectivity index (χ0v) is 20.3. The summed E-state index contributed by atoms with van der Waals surface area (Å²) in [5.41, 5.74) is 2.15. The van der Waals surface area contributed by atoms with Gasteiger partial charge >= 0.3 is 0 Å². The number of amides is 1. The molecule has 0 atom stereocenters. The van der Waals surface area contributed by atoms with Gasteiger partial charge in [-0.3, -0.25) is 14.9 Å². The fraction of sp³-hybridized carbons (Fsp3) is 0.0370. The third-order valence-electron chi connectivity index (χ3n) is 5.47. The number of nitrogens with one attached hydrogen (secondary N) is 1. The molecular formula is C27H18ClN3O4S. The molecule has 0 aromatic heterocycles. The molecule has 1 saturated heterocycles. The summed E-state index contributed by atoms with van der Waals surface area (Å²) < 4.78 is 5.99. The number of aliphatic imine (C=N–C) groups is 1. The number of ether oxygens (including phenoxy) is 1. The number of carbonyl (C=O) groups is 1. The minimum absolute atomic E-state index is 0.128. The van der Waals surface area contributed by atoms with E-state index in [-0.39, 0.29) is 16.6 Å². The molecule has 0 radical (unpaired) electrons. The number of nitro benzene ring substituents is 1. The van der Waals surface area contributed by atoms with Gasteiger partial charge in [-0.15, -0.1) is 0 Å². The largest absolute Gasteiger partial charge is 0.489 e. The standard InChI is InChI=1S/C27H18ClN3O4S/c28-23-15-20(31(33)34)10-13-24(23)29-27-30-26(32)25(36-27)14-17-8-11-21(12-9-17)35-16-19-6-3-5-18-4-1-2-7-22(18)19/h1-15H,16H2,(H,29,30,32)/b25-14+. The smallest absolute Gasteiger partial charge is 0.271 e. The van der Waals surface area contributed by atoms with Crippen molar-refractivity contribution in [3.8, 4) is 5.75 Å². The number of nitro groups is 1. The topological polar surface area (TPSA) is 93.8 Å². The van der Waals surface area contributed by atoms with E-state index in [1.54, 1.807) is 6.08 Å². The molecule has 1 fully saturated rings. The second kappa shape index (κ2) is 10.2. The van der Waals surface area contributed by atoms with Gasteiger partial charge < -0.3 is 10.1 Å². The predicted molar refractivity (Wildman–Crippen MR) is 144 cm³/mol. The molecule has 0 spiro atoms. The van der Waals surface area contributed by atoms with Crippen LogP contribution >= 0.6 is 23.4 Å². The zero-order valence-electron chi connectivity index (χ0n) is 18.7. The minimum Gasteiger partial charge on any atom is -0.489 e. The van der Waals surface area contributed by atoms with Crippen molar-refractivity contribution in [3.05, 3.63) is 116 Å². The Morgan fingerprint density at radius 1 is 1.03 bits per heavy atom. The predicted octanol–water partition coefficient (Wildman–Crippen LogP) is 6.87. The Morgan fingerprint density at radius 3 is 2.58 bits per heavy atom. The van der Waals surface area contributed by atoms with Crippen LogP contribution in [0.15, 0.2) is 94.8 Å². The number of carbonyl (C=O) groups excluding carboxylic acids is 1. The molecule has 5 rings (SSSR count). The first-order chi connectivity index (χ1) is 17.5. The summed E-state index contributed by atoms with van der Waals surface area (Å²) >= 11 is 7.27. The number of rotatable bonds is 6. The Labute approximate surface area is 215 Å². The van der Waals surface area contributed by atoms with Gasteiger partial charge in [0.15, 0.2) is 5.17 Å². The molecule has 1 aliphatic heterocycles. The van der Waals surface area contributed by atoms with Crippen LogP contribution in [0.3, 0.4) is 0 Å². The first kappa shape index (κ1) is 23.6. The van der Waals surface area contributed by atoms with E-state index in [1.807, 2.05) is 42.5 Å². The van der Waals surface area contributed by atoms with Crippen LogP contribution in [-0.4, -0.2) is 16.0 Å². The lowest BCUT2D eigenvalue weighted by atomic mass is 10.1. The fourth-order valence-corrected chi connectivity index (χ4v) is 4.73. The number of nitrogens with zero attached hydrogens (tertiary/aromatic N) is 2. The van der Waals surface area contributed by atoms with E-state index in [1.165, 1.54) is 35.3 Å². The zero-order chi connectivity index (χ0) is 25.1. The lowest BCUT2D eigenvalue weighted by molar-refractivity contribution is -0.384. The summed E-state index contributed by atoms with van der Waals surface area (Å²) in [7, 11) is 0. The van der Waals surface area contributed by atoms with Crippen molar-refractivity contribution in [1.82, 2.24) is 5.32 Å². The number of halogens is 1. The van der Waals surface area contributed by atoms with Crippen LogP contribution in [0.5, 0.6) is 5.75 Å². The van der Waals surface area contributed by atoms with Crippen molar-refractivity contribution in [2.75, 3.05) is 0 Å². The van der Waals surface area contributed by atoms with Crippen molar-refractivity contribution in [3.63, 3.8) is 0 Å². The fourth-order valence-electron chi connectivity index (χ4n) is 3.68. The molecule has 0 unspecified atom stereocenters. The van der Waals surface area contributed by atoms with Crippen molar-refractivity contribution >= 4 is 62.7 Å². The first-order valence-corrected chi connectivity index (χ1v) is 12.1. The SMILES string of the molecule is O=C1NC(=Nc2ccc([N+](=O)[O-])cc2Cl)S/C1=C/c1ccc(OCc2cccc3ccccc23)cc1. The van der Waals surface area contributed by atoms with Crippen LogP contribution in [0.1, 0.15) is 11.1 Å². The van der Waals surface area contributed by atoms with E-state index in [4.69, 9.17) is 16.3 Å². The molecule has 0 aliphatic carbocycles. The van der Waals surface area contributed by atoms with Crippen LogP contribution in [0.25, 0.3) is 16.8 Å². The molecular weight excluding hydrogens is 498 g/mol. The van der Waals surface area contributed by atoms with Gasteiger partial charge in [0.25, 0.3) is 11.6 Å². The van der Waals surface area contributed by atoms with E-state index in [0.29, 0.717) is 22.4 Å². The lowest BCUT2D eigenvalue weighted by Gasteiger charge is -2.09. The number of non-ortho nitro benzene ring substituents is 1. The van der Waals surface area contributed by atoms with E-state index >= 15 is 0 Å². The molecule has 7 nitrogen and oxygen atoms in total. The average molecular weight is 516 g/mol.